The van der Waals surface area contributed by atoms with Crippen molar-refractivity contribution in [2.75, 3.05) is 26.3 Å². The molecule has 0 bridgehead atoms. The van der Waals surface area contributed by atoms with E-state index in [0.717, 1.165) is 38.8 Å². The topological polar surface area (TPSA) is 32.3 Å². The molecule has 2 fully saturated rings. The second kappa shape index (κ2) is 4.92. The molecule has 0 unspecified atom stereocenters. The predicted octanol–water partition coefficient (Wildman–Crippen LogP) is 0.946. The van der Waals surface area contributed by atoms with Crippen LogP contribution >= 0.6 is 0 Å². The average Bonchev–Trinajstić information content (AvgIpc) is 2.81. The molecule has 1 N–H and O–H groups in total. The van der Waals surface area contributed by atoms with E-state index >= 15 is 0 Å². The fourth-order valence-electron chi connectivity index (χ4n) is 2.51. The summed E-state index contributed by atoms with van der Waals surface area (Å²) in [7, 11) is 0. The largest absolute Gasteiger partial charge is 0.341 e. The molecule has 0 aromatic carbocycles. The Morgan fingerprint density at radius 1 is 1.40 bits per heavy atom. The van der Waals surface area contributed by atoms with E-state index in [2.05, 4.69) is 5.32 Å². The molecule has 2 aliphatic heterocycles. The van der Waals surface area contributed by atoms with Crippen molar-refractivity contribution in [3.05, 3.63) is 0 Å². The summed E-state index contributed by atoms with van der Waals surface area (Å²) in [5, 5.41) is 3.20. The van der Waals surface area contributed by atoms with E-state index in [1.54, 1.807) is 0 Å². The molecule has 3 nitrogen and oxygen atoms in total. The molecule has 2 aliphatic rings. The van der Waals surface area contributed by atoms with Gasteiger partial charge < -0.3 is 10.2 Å². The van der Waals surface area contributed by atoms with Crippen LogP contribution in [-0.2, 0) is 4.79 Å². The summed E-state index contributed by atoms with van der Waals surface area (Å²) in [5.41, 5.74) is 0. The standard InChI is InChI=1S/C11H19FN2O/c12-7-9-3-2-6-14(8-9)11(15)10-4-1-5-13-10/h9-10,13H,1-8H2/t9-,10-/m0/s1. The minimum Gasteiger partial charge on any atom is -0.341 e. The number of likely N-dealkylation sites (tertiary alicyclic amines) is 1. The van der Waals surface area contributed by atoms with Gasteiger partial charge in [-0.15, -0.1) is 0 Å². The summed E-state index contributed by atoms with van der Waals surface area (Å²) in [6, 6.07) is 0.00311. The Morgan fingerprint density at radius 2 is 2.27 bits per heavy atom. The number of nitrogens with zero attached hydrogens (tertiary/aromatic N) is 1. The van der Waals surface area contributed by atoms with Crippen molar-refractivity contribution >= 4 is 5.91 Å². The first-order valence-corrected chi connectivity index (χ1v) is 5.89. The minimum atomic E-state index is -0.290. The number of hydrogen-bond donors (Lipinski definition) is 1. The van der Waals surface area contributed by atoms with Crippen molar-refractivity contribution in [1.29, 1.82) is 0 Å². The molecule has 2 saturated heterocycles. The number of piperidine rings is 1. The van der Waals surface area contributed by atoms with E-state index < -0.39 is 0 Å². The first-order valence-electron chi connectivity index (χ1n) is 5.89. The summed E-state index contributed by atoms with van der Waals surface area (Å²) in [4.78, 5) is 13.8. The lowest BCUT2D eigenvalue weighted by atomic mass is 9.98. The van der Waals surface area contributed by atoms with E-state index in [0.29, 0.717) is 6.54 Å². The van der Waals surface area contributed by atoms with Gasteiger partial charge in [0.1, 0.15) is 0 Å². The molecule has 86 valence electrons. The van der Waals surface area contributed by atoms with Gasteiger partial charge in [-0.1, -0.05) is 0 Å². The van der Waals surface area contributed by atoms with Crippen molar-refractivity contribution < 1.29 is 9.18 Å². The maximum absolute atomic E-state index is 12.5. The SMILES string of the molecule is O=C([C@@H]1CCCN1)N1CCC[C@@H](CF)C1. The Morgan fingerprint density at radius 3 is 2.93 bits per heavy atom. The minimum absolute atomic E-state index is 0.00311. The Hall–Kier alpha value is -0.640. The van der Waals surface area contributed by atoms with Crippen LogP contribution in [0.5, 0.6) is 0 Å². The quantitative estimate of drug-likeness (QED) is 0.742. The number of carbonyl (C=O) groups excluding carboxylic acids is 1. The molecule has 0 aliphatic carbocycles. The van der Waals surface area contributed by atoms with Gasteiger partial charge in [-0.25, -0.2) is 0 Å². The molecule has 0 aromatic rings. The Bertz CT molecular complexity index is 229. The van der Waals surface area contributed by atoms with Gasteiger partial charge in [-0.05, 0) is 32.2 Å². The van der Waals surface area contributed by atoms with Crippen molar-refractivity contribution in [3.8, 4) is 0 Å². The highest BCUT2D eigenvalue weighted by Crippen LogP contribution is 2.19. The number of alkyl halides is 1. The second-order valence-electron chi connectivity index (χ2n) is 4.60. The lowest BCUT2D eigenvalue weighted by Gasteiger charge is -2.33. The van der Waals surface area contributed by atoms with E-state index in [1.807, 2.05) is 4.90 Å². The third kappa shape index (κ3) is 2.48. The molecule has 0 saturated carbocycles. The molecule has 1 amide bonds. The third-order valence-corrected chi connectivity index (χ3v) is 3.41. The Labute approximate surface area is 90.0 Å². The summed E-state index contributed by atoms with van der Waals surface area (Å²) in [5.74, 6) is 0.259. The van der Waals surface area contributed by atoms with E-state index in [9.17, 15) is 9.18 Å². The van der Waals surface area contributed by atoms with Crippen molar-refractivity contribution in [3.63, 3.8) is 0 Å². The van der Waals surface area contributed by atoms with Crippen molar-refractivity contribution in [1.82, 2.24) is 10.2 Å². The zero-order valence-corrected chi connectivity index (χ0v) is 9.04. The molecule has 2 rings (SSSR count). The first-order chi connectivity index (χ1) is 7.31. The zero-order chi connectivity index (χ0) is 10.7. The van der Waals surface area contributed by atoms with E-state index in [-0.39, 0.29) is 24.5 Å². The number of carbonyl (C=O) groups is 1. The number of rotatable bonds is 2. The van der Waals surface area contributed by atoms with Crippen LogP contribution in [-0.4, -0.2) is 43.2 Å². The molecule has 4 heteroatoms. The molecule has 0 aromatic heterocycles. The van der Waals surface area contributed by atoms with Gasteiger partial charge in [-0.2, -0.15) is 0 Å². The third-order valence-electron chi connectivity index (χ3n) is 3.41. The van der Waals surface area contributed by atoms with Crippen molar-refractivity contribution in [2.24, 2.45) is 5.92 Å². The lowest BCUT2D eigenvalue weighted by molar-refractivity contribution is -0.135. The highest BCUT2D eigenvalue weighted by molar-refractivity contribution is 5.82. The fraction of sp³-hybridized carbons (Fsp3) is 0.909. The Kier molecular flexibility index (Phi) is 3.57. The van der Waals surface area contributed by atoms with Crippen molar-refractivity contribution in [2.45, 2.75) is 31.7 Å². The molecule has 0 radical (unpaired) electrons. The normalized spacial score (nSPS) is 31.9. The summed E-state index contributed by atoms with van der Waals surface area (Å²) >= 11 is 0. The monoisotopic (exact) mass is 214 g/mol. The van der Waals surface area contributed by atoms with Crippen LogP contribution in [0.2, 0.25) is 0 Å². The maximum Gasteiger partial charge on any atom is 0.239 e. The molecule has 2 heterocycles. The molecule has 0 spiro atoms. The van der Waals surface area contributed by atoms with Gasteiger partial charge in [-0.3, -0.25) is 9.18 Å². The van der Waals surface area contributed by atoms with Gasteiger partial charge >= 0.3 is 0 Å². The van der Waals surface area contributed by atoms with E-state index in [1.165, 1.54) is 0 Å². The smallest absolute Gasteiger partial charge is 0.239 e. The summed E-state index contributed by atoms with van der Waals surface area (Å²) < 4.78 is 12.5. The lowest BCUT2D eigenvalue weighted by Crippen LogP contribution is -2.48. The highest BCUT2D eigenvalue weighted by atomic mass is 19.1. The molecular weight excluding hydrogens is 195 g/mol. The first kappa shape index (κ1) is 10.9. The van der Waals surface area contributed by atoms with Crippen LogP contribution in [0.25, 0.3) is 0 Å². The van der Waals surface area contributed by atoms with Crippen LogP contribution < -0.4 is 5.32 Å². The number of amides is 1. The zero-order valence-electron chi connectivity index (χ0n) is 9.04. The molecular formula is C11H19FN2O. The van der Waals surface area contributed by atoms with Crippen LogP contribution in [0.3, 0.4) is 0 Å². The molecule has 15 heavy (non-hydrogen) atoms. The van der Waals surface area contributed by atoms with Gasteiger partial charge in [0.25, 0.3) is 0 Å². The summed E-state index contributed by atoms with van der Waals surface area (Å²) in [6.45, 7) is 2.08. The number of nitrogens with one attached hydrogen (secondary N) is 1. The highest BCUT2D eigenvalue weighted by Gasteiger charge is 2.30. The van der Waals surface area contributed by atoms with Crippen LogP contribution in [0, 0.1) is 5.92 Å². The van der Waals surface area contributed by atoms with Gasteiger partial charge in [0.2, 0.25) is 5.91 Å². The Balaban J connectivity index is 1.88. The second-order valence-corrected chi connectivity index (χ2v) is 4.60. The van der Waals surface area contributed by atoms with E-state index in [4.69, 9.17) is 0 Å². The van der Waals surface area contributed by atoms with Crippen LogP contribution in [0.15, 0.2) is 0 Å². The van der Waals surface area contributed by atoms with Gasteiger partial charge in [0.05, 0.1) is 12.7 Å². The predicted molar refractivity (Wildman–Crippen MR) is 56.3 cm³/mol. The fourth-order valence-corrected chi connectivity index (χ4v) is 2.51. The molecule has 2 atom stereocenters. The maximum atomic E-state index is 12.5. The van der Waals surface area contributed by atoms with Crippen LogP contribution in [0.1, 0.15) is 25.7 Å². The van der Waals surface area contributed by atoms with Crippen LogP contribution in [0.4, 0.5) is 4.39 Å². The van der Waals surface area contributed by atoms with Gasteiger partial charge in [0.15, 0.2) is 0 Å². The summed E-state index contributed by atoms with van der Waals surface area (Å²) in [6.07, 6.45) is 3.90. The number of halogens is 1. The van der Waals surface area contributed by atoms with Gasteiger partial charge in [0, 0.05) is 19.0 Å². The average molecular weight is 214 g/mol. The number of hydrogen-bond acceptors (Lipinski definition) is 2.